The topological polar surface area (TPSA) is 76.0 Å². The van der Waals surface area contributed by atoms with E-state index in [4.69, 9.17) is 14.6 Å². The van der Waals surface area contributed by atoms with Gasteiger partial charge in [0.15, 0.2) is 11.5 Å². The molecule has 0 aliphatic heterocycles. The van der Waals surface area contributed by atoms with E-state index in [0.29, 0.717) is 5.75 Å². The summed E-state index contributed by atoms with van der Waals surface area (Å²) in [5.41, 5.74) is -0.309. The molecule has 0 unspecified atom stereocenters. The Morgan fingerprint density at radius 1 is 1.39 bits per heavy atom. The van der Waals surface area contributed by atoms with Crippen molar-refractivity contribution in [2.45, 2.75) is 20.8 Å². The molecule has 0 amide bonds. The van der Waals surface area contributed by atoms with Gasteiger partial charge in [-0.2, -0.15) is 0 Å². The van der Waals surface area contributed by atoms with Crippen LogP contribution in [0.5, 0.6) is 17.2 Å². The van der Waals surface area contributed by atoms with Gasteiger partial charge in [0.1, 0.15) is 6.61 Å². The Hall–Kier alpha value is -1.91. The first-order valence-corrected chi connectivity index (χ1v) is 5.52. The number of ether oxygens (including phenoxy) is 2. The number of hydrogen-bond donors (Lipinski definition) is 2. The lowest BCUT2D eigenvalue weighted by molar-refractivity contribution is -0.148. The van der Waals surface area contributed by atoms with Crippen LogP contribution in [0.3, 0.4) is 0 Å². The van der Waals surface area contributed by atoms with Gasteiger partial charge in [0.25, 0.3) is 0 Å². The summed E-state index contributed by atoms with van der Waals surface area (Å²) in [6, 6.07) is 3.36. The molecule has 0 spiro atoms. The van der Waals surface area contributed by atoms with Gasteiger partial charge in [0.2, 0.25) is 5.75 Å². The van der Waals surface area contributed by atoms with Crippen LogP contribution >= 0.6 is 0 Å². The van der Waals surface area contributed by atoms with Crippen LogP contribution in [-0.4, -0.2) is 29.9 Å². The number of rotatable bonds is 5. The largest absolute Gasteiger partial charge is 0.502 e. The van der Waals surface area contributed by atoms with Crippen molar-refractivity contribution in [3.63, 3.8) is 0 Å². The molecule has 5 heteroatoms. The number of carboxylic acids is 1. The molecule has 2 N–H and O–H groups in total. The van der Waals surface area contributed by atoms with Gasteiger partial charge in [-0.3, -0.25) is 4.79 Å². The maximum absolute atomic E-state index is 11.0. The van der Waals surface area contributed by atoms with Gasteiger partial charge in [-0.05, 0) is 32.4 Å². The molecule has 0 aliphatic carbocycles. The predicted octanol–water partition coefficient (Wildman–Crippen LogP) is 2.20. The van der Waals surface area contributed by atoms with Crippen molar-refractivity contribution >= 4 is 5.97 Å². The van der Waals surface area contributed by atoms with Gasteiger partial charge < -0.3 is 19.7 Å². The lowest BCUT2D eigenvalue weighted by atomic mass is 9.95. The minimum atomic E-state index is -1.03. The number of phenols is 1. The Balaban J connectivity index is 2.95. The average molecular weight is 254 g/mol. The molecule has 0 aromatic heterocycles. The zero-order valence-corrected chi connectivity index (χ0v) is 11.0. The summed E-state index contributed by atoms with van der Waals surface area (Å²) in [6.07, 6.45) is 0. The van der Waals surface area contributed by atoms with Crippen LogP contribution in [0.15, 0.2) is 12.1 Å². The van der Waals surface area contributed by atoms with Crippen LogP contribution in [-0.2, 0) is 4.79 Å². The number of carbonyl (C=O) groups is 1. The van der Waals surface area contributed by atoms with Crippen molar-refractivity contribution in [3.8, 4) is 17.2 Å². The van der Waals surface area contributed by atoms with E-state index < -0.39 is 11.4 Å². The summed E-state index contributed by atoms with van der Waals surface area (Å²) in [5, 5.41) is 18.9. The van der Waals surface area contributed by atoms with E-state index in [9.17, 15) is 9.90 Å². The molecule has 18 heavy (non-hydrogen) atoms. The maximum Gasteiger partial charge on any atom is 0.312 e. The number of aromatic hydroxyl groups is 1. The number of methoxy groups -OCH3 is 1. The fourth-order valence-electron chi connectivity index (χ4n) is 1.32. The fourth-order valence-corrected chi connectivity index (χ4v) is 1.32. The predicted molar refractivity (Wildman–Crippen MR) is 66.3 cm³/mol. The maximum atomic E-state index is 11.0. The van der Waals surface area contributed by atoms with Crippen molar-refractivity contribution in [3.05, 3.63) is 17.7 Å². The number of aliphatic carboxylic acids is 1. The molecule has 0 bridgehead atoms. The molecule has 1 aromatic rings. The molecule has 1 aromatic carbocycles. The highest BCUT2D eigenvalue weighted by Crippen LogP contribution is 2.39. The number of phenolic OH excluding ortho intramolecular Hbond substituents is 1. The highest BCUT2D eigenvalue weighted by molar-refractivity contribution is 5.73. The minimum Gasteiger partial charge on any atom is -0.502 e. The molecule has 0 aliphatic rings. The molecule has 1 rings (SSSR count). The van der Waals surface area contributed by atoms with E-state index in [0.717, 1.165) is 5.56 Å². The average Bonchev–Trinajstić information content (AvgIpc) is 2.28. The van der Waals surface area contributed by atoms with Crippen LogP contribution in [0.4, 0.5) is 0 Å². The molecule has 0 saturated carbocycles. The van der Waals surface area contributed by atoms with Gasteiger partial charge >= 0.3 is 5.97 Å². The summed E-state index contributed by atoms with van der Waals surface area (Å²) in [5.74, 6) is -0.520. The highest BCUT2D eigenvalue weighted by atomic mass is 16.5. The van der Waals surface area contributed by atoms with E-state index in [-0.39, 0.29) is 18.1 Å². The summed E-state index contributed by atoms with van der Waals surface area (Å²) in [6.45, 7) is 4.84. The van der Waals surface area contributed by atoms with E-state index in [1.165, 1.54) is 7.11 Å². The quantitative estimate of drug-likeness (QED) is 0.842. The van der Waals surface area contributed by atoms with Crippen LogP contribution in [0.25, 0.3) is 0 Å². The molecule has 0 atom stereocenters. The van der Waals surface area contributed by atoms with Crippen molar-refractivity contribution < 1.29 is 24.5 Å². The van der Waals surface area contributed by atoms with E-state index in [1.54, 1.807) is 32.9 Å². The molecule has 0 radical (unpaired) electrons. The summed E-state index contributed by atoms with van der Waals surface area (Å²) in [4.78, 5) is 11.0. The summed E-state index contributed by atoms with van der Waals surface area (Å²) < 4.78 is 10.4. The number of carboxylic acid groups (broad SMARTS) is 1. The van der Waals surface area contributed by atoms with Crippen molar-refractivity contribution in [2.75, 3.05) is 13.7 Å². The van der Waals surface area contributed by atoms with Crippen molar-refractivity contribution in [1.82, 2.24) is 0 Å². The third kappa shape index (κ3) is 2.85. The summed E-state index contributed by atoms with van der Waals surface area (Å²) >= 11 is 0. The second-order valence-corrected chi connectivity index (χ2v) is 4.74. The van der Waals surface area contributed by atoms with Crippen LogP contribution in [0, 0.1) is 12.3 Å². The normalized spacial score (nSPS) is 11.1. The lowest BCUT2D eigenvalue weighted by Crippen LogP contribution is -2.30. The standard InChI is InChI=1S/C13H18O5/c1-8-5-6-9(17-4)10(14)11(8)18-7-13(2,3)12(15)16/h5-6,14H,7H2,1-4H3,(H,15,16). The minimum absolute atomic E-state index is 0.0378. The van der Waals surface area contributed by atoms with Crippen LogP contribution in [0.1, 0.15) is 19.4 Å². The molecule has 0 heterocycles. The third-order valence-electron chi connectivity index (χ3n) is 2.67. The molecule has 0 saturated heterocycles. The van der Waals surface area contributed by atoms with Gasteiger partial charge in [-0.1, -0.05) is 6.07 Å². The first-order valence-electron chi connectivity index (χ1n) is 5.52. The Morgan fingerprint density at radius 2 is 2.00 bits per heavy atom. The molecule has 0 fully saturated rings. The number of hydrogen-bond acceptors (Lipinski definition) is 4. The molecule has 100 valence electrons. The van der Waals surface area contributed by atoms with Gasteiger partial charge in [0.05, 0.1) is 12.5 Å². The van der Waals surface area contributed by atoms with Gasteiger partial charge in [0, 0.05) is 0 Å². The Kier molecular flexibility index (Phi) is 4.06. The van der Waals surface area contributed by atoms with Gasteiger partial charge in [-0.15, -0.1) is 0 Å². The number of aryl methyl sites for hydroxylation is 1. The zero-order chi connectivity index (χ0) is 13.9. The smallest absolute Gasteiger partial charge is 0.312 e. The number of benzene rings is 1. The second kappa shape index (κ2) is 5.16. The second-order valence-electron chi connectivity index (χ2n) is 4.74. The summed E-state index contributed by atoms with van der Waals surface area (Å²) in [7, 11) is 1.44. The Labute approximate surface area is 106 Å². The first kappa shape index (κ1) is 14.2. The lowest BCUT2D eigenvalue weighted by Gasteiger charge is -2.21. The molecular weight excluding hydrogens is 236 g/mol. The first-order chi connectivity index (χ1) is 8.29. The van der Waals surface area contributed by atoms with Crippen molar-refractivity contribution in [2.24, 2.45) is 5.41 Å². The zero-order valence-electron chi connectivity index (χ0n) is 11.0. The van der Waals surface area contributed by atoms with Crippen LogP contribution < -0.4 is 9.47 Å². The SMILES string of the molecule is COc1ccc(C)c(OCC(C)(C)C(=O)O)c1O. The third-order valence-corrected chi connectivity index (χ3v) is 2.67. The van der Waals surface area contributed by atoms with E-state index in [1.807, 2.05) is 0 Å². The Morgan fingerprint density at radius 3 is 2.50 bits per heavy atom. The van der Waals surface area contributed by atoms with E-state index in [2.05, 4.69) is 0 Å². The molecule has 5 nitrogen and oxygen atoms in total. The fraction of sp³-hybridized carbons (Fsp3) is 0.462. The van der Waals surface area contributed by atoms with E-state index >= 15 is 0 Å². The van der Waals surface area contributed by atoms with Gasteiger partial charge in [-0.25, -0.2) is 0 Å². The highest BCUT2D eigenvalue weighted by Gasteiger charge is 2.29. The monoisotopic (exact) mass is 254 g/mol. The Bertz CT molecular complexity index is 451. The van der Waals surface area contributed by atoms with Crippen molar-refractivity contribution in [1.29, 1.82) is 0 Å². The van der Waals surface area contributed by atoms with Crippen LogP contribution in [0.2, 0.25) is 0 Å². The molecular formula is C13H18O5.